The number of ether oxygens (including phenoxy) is 1. The first kappa shape index (κ1) is 12.1. The van der Waals surface area contributed by atoms with Gasteiger partial charge in [0.05, 0.1) is 17.9 Å². The number of rotatable bonds is 3. The third-order valence-corrected chi connectivity index (χ3v) is 3.86. The lowest BCUT2D eigenvalue weighted by atomic mass is 10.1. The van der Waals surface area contributed by atoms with Gasteiger partial charge in [-0.05, 0) is 30.0 Å². The van der Waals surface area contributed by atoms with Gasteiger partial charge in [-0.2, -0.15) is 0 Å². The summed E-state index contributed by atoms with van der Waals surface area (Å²) in [5, 5.41) is 4.99. The first-order chi connectivity index (χ1) is 7.93. The summed E-state index contributed by atoms with van der Waals surface area (Å²) in [6, 6.07) is 6.29. The van der Waals surface area contributed by atoms with Crippen molar-refractivity contribution in [2.24, 2.45) is 11.1 Å². The molecular weight excluding hydrogens is 242 g/mol. The maximum atomic E-state index is 11.2. The van der Waals surface area contributed by atoms with Crippen molar-refractivity contribution >= 4 is 16.0 Å². The molecule has 0 aliphatic heterocycles. The number of primary sulfonamides is 1. The van der Waals surface area contributed by atoms with Crippen molar-refractivity contribution in [3.63, 3.8) is 0 Å². The third kappa shape index (κ3) is 2.48. The summed E-state index contributed by atoms with van der Waals surface area (Å²) in [5.74, 6) is -0.178. The van der Waals surface area contributed by atoms with Gasteiger partial charge in [0.15, 0.2) is 0 Å². The van der Waals surface area contributed by atoms with E-state index in [-0.39, 0.29) is 22.7 Å². The van der Waals surface area contributed by atoms with Gasteiger partial charge in [0, 0.05) is 0 Å². The topological polar surface area (TPSA) is 86.5 Å². The number of methoxy groups -OCH3 is 1. The Hall–Kier alpha value is -1.40. The second-order valence-corrected chi connectivity index (χ2v) is 5.65. The molecule has 0 radical (unpaired) electrons. The molecule has 2 rings (SSSR count). The fourth-order valence-corrected chi connectivity index (χ4v) is 2.40. The molecule has 0 bridgehead atoms. The molecule has 6 heteroatoms. The number of carbonyl (C=O) groups is 1. The molecular formula is C11H13NO4S. The standard InChI is InChI=1S/C11H13NO4S/c1-16-11(13)10-6-9(10)7-2-4-8(5-3-7)17(12,14)15/h2-5,9-10H,6H2,1H3,(H2,12,14,15)/t9-,10+/m0/s1. The first-order valence-electron chi connectivity index (χ1n) is 5.14. The van der Waals surface area contributed by atoms with Crippen LogP contribution in [0.15, 0.2) is 29.2 Å². The smallest absolute Gasteiger partial charge is 0.309 e. The number of benzene rings is 1. The minimum atomic E-state index is -3.65. The minimum Gasteiger partial charge on any atom is -0.469 e. The minimum absolute atomic E-state index is 0.0801. The SMILES string of the molecule is COC(=O)[C@@H]1C[C@H]1c1ccc(S(N)(=O)=O)cc1. The van der Waals surface area contributed by atoms with Gasteiger partial charge in [-0.15, -0.1) is 0 Å². The lowest BCUT2D eigenvalue weighted by molar-refractivity contribution is -0.142. The van der Waals surface area contributed by atoms with E-state index in [4.69, 9.17) is 5.14 Å². The Bertz CT molecular complexity index is 535. The van der Waals surface area contributed by atoms with Gasteiger partial charge >= 0.3 is 5.97 Å². The van der Waals surface area contributed by atoms with Crippen LogP contribution in [0.2, 0.25) is 0 Å². The summed E-state index contributed by atoms with van der Waals surface area (Å²) in [6.07, 6.45) is 0.751. The highest BCUT2D eigenvalue weighted by Gasteiger charge is 2.44. The van der Waals surface area contributed by atoms with E-state index < -0.39 is 10.0 Å². The molecule has 0 spiro atoms. The zero-order valence-electron chi connectivity index (χ0n) is 9.29. The molecule has 0 unspecified atom stereocenters. The second-order valence-electron chi connectivity index (χ2n) is 4.09. The van der Waals surface area contributed by atoms with Crippen molar-refractivity contribution in [2.45, 2.75) is 17.2 Å². The molecule has 92 valence electrons. The normalized spacial score (nSPS) is 23.2. The molecule has 17 heavy (non-hydrogen) atoms. The fraction of sp³-hybridized carbons (Fsp3) is 0.364. The average Bonchev–Trinajstić information content (AvgIpc) is 3.07. The Morgan fingerprint density at radius 3 is 2.41 bits per heavy atom. The van der Waals surface area contributed by atoms with Crippen molar-refractivity contribution in [3.05, 3.63) is 29.8 Å². The number of esters is 1. The van der Waals surface area contributed by atoms with Crippen molar-refractivity contribution < 1.29 is 17.9 Å². The highest BCUT2D eigenvalue weighted by atomic mass is 32.2. The number of hydrogen-bond acceptors (Lipinski definition) is 4. The summed E-state index contributed by atoms with van der Waals surface area (Å²) in [6.45, 7) is 0. The molecule has 1 aliphatic carbocycles. The van der Waals surface area contributed by atoms with Gasteiger partial charge in [0.25, 0.3) is 0 Å². The Balaban J connectivity index is 2.14. The van der Waals surface area contributed by atoms with Crippen LogP contribution in [0.1, 0.15) is 17.9 Å². The van der Waals surface area contributed by atoms with Crippen LogP contribution in [0.25, 0.3) is 0 Å². The summed E-state index contributed by atoms with van der Waals surface area (Å²) in [4.78, 5) is 11.3. The van der Waals surface area contributed by atoms with Crippen LogP contribution in [-0.4, -0.2) is 21.5 Å². The van der Waals surface area contributed by atoms with Crippen LogP contribution >= 0.6 is 0 Å². The van der Waals surface area contributed by atoms with Crippen LogP contribution in [0, 0.1) is 5.92 Å². The van der Waals surface area contributed by atoms with Gasteiger partial charge in [0.1, 0.15) is 0 Å². The van der Waals surface area contributed by atoms with Crippen LogP contribution in [-0.2, 0) is 19.6 Å². The van der Waals surface area contributed by atoms with Crippen LogP contribution < -0.4 is 5.14 Å². The summed E-state index contributed by atoms with van der Waals surface area (Å²) in [5.41, 5.74) is 0.938. The summed E-state index contributed by atoms with van der Waals surface area (Å²) >= 11 is 0. The van der Waals surface area contributed by atoms with Gasteiger partial charge in [-0.25, -0.2) is 13.6 Å². The maximum Gasteiger partial charge on any atom is 0.309 e. The third-order valence-electron chi connectivity index (χ3n) is 2.93. The Kier molecular flexibility index (Phi) is 2.92. The average molecular weight is 255 g/mol. The van der Waals surface area contributed by atoms with Crippen molar-refractivity contribution in [3.8, 4) is 0 Å². The van der Waals surface area contributed by atoms with Gasteiger partial charge in [0.2, 0.25) is 10.0 Å². The zero-order chi connectivity index (χ0) is 12.6. The number of carbonyl (C=O) groups excluding carboxylic acids is 1. The summed E-state index contributed by atoms with van der Waals surface area (Å²) < 4.78 is 26.8. The molecule has 0 saturated heterocycles. The lowest BCUT2D eigenvalue weighted by Crippen LogP contribution is -2.11. The predicted octanol–water partition coefficient (Wildman–Crippen LogP) is 0.610. The monoisotopic (exact) mass is 255 g/mol. The number of nitrogens with two attached hydrogens (primary N) is 1. The molecule has 0 amide bonds. The molecule has 1 aromatic carbocycles. The molecule has 1 aromatic rings. The molecule has 1 saturated carbocycles. The van der Waals surface area contributed by atoms with Crippen molar-refractivity contribution in [1.82, 2.24) is 0 Å². The van der Waals surface area contributed by atoms with E-state index in [0.29, 0.717) is 0 Å². The Labute approximate surface area is 99.6 Å². The highest BCUT2D eigenvalue weighted by molar-refractivity contribution is 7.89. The summed E-state index contributed by atoms with van der Waals surface area (Å²) in [7, 11) is -2.29. The Morgan fingerprint density at radius 2 is 1.94 bits per heavy atom. The van der Waals surface area contributed by atoms with E-state index in [0.717, 1.165) is 12.0 Å². The van der Waals surface area contributed by atoms with Crippen molar-refractivity contribution in [1.29, 1.82) is 0 Å². The molecule has 2 atom stereocenters. The van der Waals surface area contributed by atoms with Gasteiger partial charge in [-0.3, -0.25) is 4.79 Å². The van der Waals surface area contributed by atoms with E-state index in [9.17, 15) is 13.2 Å². The van der Waals surface area contributed by atoms with Crippen molar-refractivity contribution in [2.75, 3.05) is 7.11 Å². The van der Waals surface area contributed by atoms with E-state index in [1.165, 1.54) is 19.2 Å². The highest BCUT2D eigenvalue weighted by Crippen LogP contribution is 2.48. The Morgan fingerprint density at radius 1 is 1.35 bits per heavy atom. The second kappa shape index (κ2) is 4.12. The lowest BCUT2D eigenvalue weighted by Gasteiger charge is -2.02. The molecule has 5 nitrogen and oxygen atoms in total. The molecule has 0 heterocycles. The fourth-order valence-electron chi connectivity index (χ4n) is 1.88. The van der Waals surface area contributed by atoms with E-state index in [1.54, 1.807) is 12.1 Å². The quantitative estimate of drug-likeness (QED) is 0.802. The van der Waals surface area contributed by atoms with E-state index in [2.05, 4.69) is 4.74 Å². The largest absolute Gasteiger partial charge is 0.469 e. The van der Waals surface area contributed by atoms with Gasteiger partial charge in [-0.1, -0.05) is 12.1 Å². The van der Waals surface area contributed by atoms with Crippen LogP contribution in [0.3, 0.4) is 0 Å². The molecule has 0 aromatic heterocycles. The number of hydrogen-bond donors (Lipinski definition) is 1. The van der Waals surface area contributed by atoms with Gasteiger partial charge < -0.3 is 4.74 Å². The molecule has 2 N–H and O–H groups in total. The van der Waals surface area contributed by atoms with Crippen LogP contribution in [0.5, 0.6) is 0 Å². The van der Waals surface area contributed by atoms with E-state index >= 15 is 0 Å². The molecule has 1 aliphatic rings. The zero-order valence-corrected chi connectivity index (χ0v) is 10.1. The van der Waals surface area contributed by atoms with E-state index in [1.807, 2.05) is 0 Å². The first-order valence-corrected chi connectivity index (χ1v) is 6.68. The van der Waals surface area contributed by atoms with Crippen LogP contribution in [0.4, 0.5) is 0 Å². The number of sulfonamides is 1. The predicted molar refractivity (Wildman–Crippen MR) is 60.7 cm³/mol. The molecule has 1 fully saturated rings. The maximum absolute atomic E-state index is 11.2.